The van der Waals surface area contributed by atoms with E-state index in [1.165, 1.54) is 55.4 Å². The summed E-state index contributed by atoms with van der Waals surface area (Å²) in [4.78, 5) is 0. The van der Waals surface area contributed by atoms with Crippen molar-refractivity contribution in [2.75, 3.05) is 32.8 Å². The highest BCUT2D eigenvalue weighted by Gasteiger charge is 2.28. The number of aliphatic hydroxyl groups is 1. The quantitative estimate of drug-likeness (QED) is 0.728. The first kappa shape index (κ1) is 18.8. The van der Waals surface area contributed by atoms with Gasteiger partial charge in [-0.2, -0.15) is 0 Å². The van der Waals surface area contributed by atoms with Gasteiger partial charge in [0.05, 0.1) is 26.2 Å². The first-order valence-corrected chi connectivity index (χ1v) is 8.32. The summed E-state index contributed by atoms with van der Waals surface area (Å²) < 4.78 is 1.23. The third kappa shape index (κ3) is 6.15. The second-order valence-electron chi connectivity index (χ2n) is 6.10. The van der Waals surface area contributed by atoms with Gasteiger partial charge in [0.2, 0.25) is 0 Å². The number of aryl methyl sites for hydroxylation is 1. The maximum atomic E-state index is 9.12. The number of nitrogens with zero attached hydrogens (tertiary/aromatic N) is 1. The van der Waals surface area contributed by atoms with E-state index in [-0.39, 0.29) is 12.4 Å². The molecule has 1 fully saturated rings. The van der Waals surface area contributed by atoms with E-state index in [2.05, 4.69) is 12.1 Å². The second kappa shape index (κ2) is 9.68. The SMILES string of the molecule is OCCC[N+]1(CCCc2ccc(Cl)cc2)CCCCC1.[Cl-]. The molecule has 1 aliphatic heterocycles. The number of aliphatic hydroxyl groups excluding tert-OH is 1. The number of benzene rings is 1. The molecule has 0 saturated carbocycles. The van der Waals surface area contributed by atoms with Crippen molar-refractivity contribution in [2.24, 2.45) is 0 Å². The van der Waals surface area contributed by atoms with Crippen LogP contribution in [-0.2, 0) is 6.42 Å². The number of likely N-dealkylation sites (tertiary alicyclic amines) is 1. The highest BCUT2D eigenvalue weighted by molar-refractivity contribution is 6.30. The van der Waals surface area contributed by atoms with Crippen LogP contribution in [0.15, 0.2) is 24.3 Å². The Hall–Kier alpha value is -0.280. The molecule has 1 N–H and O–H groups in total. The van der Waals surface area contributed by atoms with Gasteiger partial charge in [0, 0.05) is 24.5 Å². The Labute approximate surface area is 140 Å². The van der Waals surface area contributed by atoms with E-state index in [1.807, 2.05) is 12.1 Å². The van der Waals surface area contributed by atoms with E-state index in [0.717, 1.165) is 24.4 Å². The third-order valence-corrected chi connectivity index (χ3v) is 4.82. The predicted octanol–water partition coefficient (Wildman–Crippen LogP) is 0.660. The third-order valence-electron chi connectivity index (χ3n) is 4.57. The summed E-state index contributed by atoms with van der Waals surface area (Å²) in [7, 11) is 0. The minimum atomic E-state index is 0. The first-order chi connectivity index (χ1) is 9.74. The van der Waals surface area contributed by atoms with Gasteiger partial charge >= 0.3 is 0 Å². The Morgan fingerprint density at radius 1 is 0.952 bits per heavy atom. The fourth-order valence-electron chi connectivity index (χ4n) is 3.42. The van der Waals surface area contributed by atoms with Gasteiger partial charge in [0.1, 0.15) is 0 Å². The molecule has 1 aliphatic rings. The topological polar surface area (TPSA) is 20.2 Å². The molecule has 0 spiro atoms. The molecule has 0 radical (unpaired) electrons. The van der Waals surface area contributed by atoms with Gasteiger partial charge in [-0.1, -0.05) is 23.7 Å². The Morgan fingerprint density at radius 3 is 2.19 bits per heavy atom. The molecule has 4 heteroatoms. The lowest BCUT2D eigenvalue weighted by atomic mass is 10.0. The van der Waals surface area contributed by atoms with Crippen molar-refractivity contribution in [3.05, 3.63) is 34.9 Å². The van der Waals surface area contributed by atoms with Crippen LogP contribution in [0.2, 0.25) is 5.02 Å². The van der Waals surface area contributed by atoms with Crippen LogP contribution < -0.4 is 12.4 Å². The average Bonchev–Trinajstić information content (AvgIpc) is 2.48. The van der Waals surface area contributed by atoms with Gasteiger partial charge in [-0.05, 0) is 43.4 Å². The highest BCUT2D eigenvalue weighted by atomic mass is 35.5. The van der Waals surface area contributed by atoms with E-state index < -0.39 is 0 Å². The van der Waals surface area contributed by atoms with E-state index >= 15 is 0 Å². The maximum absolute atomic E-state index is 9.12. The fraction of sp³-hybridized carbons (Fsp3) is 0.647. The zero-order valence-electron chi connectivity index (χ0n) is 12.7. The molecule has 0 unspecified atom stereocenters. The van der Waals surface area contributed by atoms with Crippen molar-refractivity contribution < 1.29 is 22.0 Å². The molecule has 0 amide bonds. The monoisotopic (exact) mass is 331 g/mol. The molecule has 0 bridgehead atoms. The molecule has 2 rings (SSSR count). The van der Waals surface area contributed by atoms with Crippen molar-refractivity contribution in [3.8, 4) is 0 Å². The molecule has 1 heterocycles. The van der Waals surface area contributed by atoms with Crippen LogP contribution in [0.3, 0.4) is 0 Å². The summed E-state index contributed by atoms with van der Waals surface area (Å²) in [5.41, 5.74) is 1.38. The molecule has 1 aromatic rings. The van der Waals surface area contributed by atoms with Gasteiger partial charge in [-0.15, -0.1) is 0 Å². The minimum Gasteiger partial charge on any atom is -1.00 e. The highest BCUT2D eigenvalue weighted by Crippen LogP contribution is 2.21. The average molecular weight is 332 g/mol. The molecular weight excluding hydrogens is 305 g/mol. The maximum Gasteiger partial charge on any atom is 0.0808 e. The molecule has 0 aromatic heterocycles. The molecule has 0 aliphatic carbocycles. The second-order valence-corrected chi connectivity index (χ2v) is 6.54. The molecule has 120 valence electrons. The molecule has 0 atom stereocenters. The normalized spacial score (nSPS) is 17.2. The molecule has 1 saturated heterocycles. The van der Waals surface area contributed by atoms with Crippen molar-refractivity contribution in [1.82, 2.24) is 0 Å². The summed E-state index contributed by atoms with van der Waals surface area (Å²) >= 11 is 5.92. The summed E-state index contributed by atoms with van der Waals surface area (Å²) in [6, 6.07) is 8.23. The summed E-state index contributed by atoms with van der Waals surface area (Å²) in [5.74, 6) is 0. The van der Waals surface area contributed by atoms with Gasteiger partial charge < -0.3 is 22.0 Å². The summed E-state index contributed by atoms with van der Waals surface area (Å²) in [5, 5.41) is 9.93. The van der Waals surface area contributed by atoms with E-state index in [1.54, 1.807) is 0 Å². The van der Waals surface area contributed by atoms with Crippen molar-refractivity contribution in [3.63, 3.8) is 0 Å². The number of piperidine rings is 1. The number of quaternary nitrogens is 1. The van der Waals surface area contributed by atoms with Crippen molar-refractivity contribution in [1.29, 1.82) is 0 Å². The lowest BCUT2D eigenvalue weighted by molar-refractivity contribution is -0.932. The molecule has 21 heavy (non-hydrogen) atoms. The number of hydrogen-bond acceptors (Lipinski definition) is 1. The van der Waals surface area contributed by atoms with Gasteiger partial charge in [0.15, 0.2) is 0 Å². The summed E-state index contributed by atoms with van der Waals surface area (Å²) in [6.45, 7) is 5.35. The zero-order valence-corrected chi connectivity index (χ0v) is 14.2. The van der Waals surface area contributed by atoms with Crippen LogP contribution in [0.25, 0.3) is 0 Å². The van der Waals surface area contributed by atoms with E-state index in [0.29, 0.717) is 6.61 Å². The Bertz CT molecular complexity index is 388. The standard InChI is InChI=1S/C17H27ClNO.ClH/c18-17-9-7-16(8-10-17)6-4-13-19(14-5-15-20)11-2-1-3-12-19;/h7-10,20H,1-6,11-15H2;1H/q+1;/p-1. The summed E-state index contributed by atoms with van der Waals surface area (Å²) in [6.07, 6.45) is 7.40. The first-order valence-electron chi connectivity index (χ1n) is 7.95. The van der Waals surface area contributed by atoms with Crippen LogP contribution in [0.4, 0.5) is 0 Å². The van der Waals surface area contributed by atoms with Crippen LogP contribution in [0, 0.1) is 0 Å². The number of rotatable bonds is 7. The zero-order chi connectivity index (χ0) is 14.3. The van der Waals surface area contributed by atoms with Crippen molar-refractivity contribution in [2.45, 2.75) is 38.5 Å². The fourth-order valence-corrected chi connectivity index (χ4v) is 3.54. The number of halogens is 2. The van der Waals surface area contributed by atoms with Crippen LogP contribution in [0.1, 0.15) is 37.7 Å². The molecule has 1 aromatic carbocycles. The smallest absolute Gasteiger partial charge is 0.0808 e. The number of hydrogen-bond donors (Lipinski definition) is 1. The Balaban J connectivity index is 0.00000220. The van der Waals surface area contributed by atoms with Crippen LogP contribution in [-0.4, -0.2) is 42.4 Å². The van der Waals surface area contributed by atoms with E-state index in [9.17, 15) is 0 Å². The molecule has 2 nitrogen and oxygen atoms in total. The van der Waals surface area contributed by atoms with Gasteiger partial charge in [0.25, 0.3) is 0 Å². The minimum absolute atomic E-state index is 0. The largest absolute Gasteiger partial charge is 1.00 e. The van der Waals surface area contributed by atoms with Crippen molar-refractivity contribution >= 4 is 11.6 Å². The Kier molecular flexibility index (Phi) is 8.65. The van der Waals surface area contributed by atoms with Gasteiger partial charge in [-0.3, -0.25) is 0 Å². The predicted molar refractivity (Wildman–Crippen MR) is 85.1 cm³/mol. The Morgan fingerprint density at radius 2 is 1.57 bits per heavy atom. The van der Waals surface area contributed by atoms with E-state index in [4.69, 9.17) is 16.7 Å². The molecular formula is C17H27Cl2NO. The lowest BCUT2D eigenvalue weighted by Crippen LogP contribution is -3.00. The van der Waals surface area contributed by atoms with Crippen LogP contribution >= 0.6 is 11.6 Å². The van der Waals surface area contributed by atoms with Gasteiger partial charge in [-0.25, -0.2) is 0 Å². The lowest BCUT2D eigenvalue weighted by Gasteiger charge is -2.41. The van der Waals surface area contributed by atoms with Crippen LogP contribution in [0.5, 0.6) is 0 Å².